The number of carbonyl (C=O) groups excluding carboxylic acids is 1. The Morgan fingerprint density at radius 1 is 0.757 bits per heavy atom. The van der Waals surface area contributed by atoms with Gasteiger partial charge in [-0.2, -0.15) is 18.6 Å². The number of anilines is 1. The number of nitrogens with one attached hydrogen (secondary N) is 2. The van der Waals surface area contributed by atoms with Crippen LogP contribution in [-0.4, -0.2) is 34.9 Å². The molecule has 196 valence electrons. The van der Waals surface area contributed by atoms with Crippen LogP contribution in [-0.2, 0) is 10.4 Å². The molecule has 0 radical (unpaired) electrons. The molecule has 0 aliphatic rings. The number of hydrogen-bond acceptors (Lipinski definition) is 6. The van der Waals surface area contributed by atoms with Crippen molar-refractivity contribution >= 4 is 79.8 Å². The highest BCUT2D eigenvalue weighted by Gasteiger charge is 2.09. The first-order valence-corrected chi connectivity index (χ1v) is 13.0. The summed E-state index contributed by atoms with van der Waals surface area (Å²) in [5.41, 5.74) is 9.17. The summed E-state index contributed by atoms with van der Waals surface area (Å²) in [6.45, 7) is 3.55. The molecule has 3 rings (SSSR count). The summed E-state index contributed by atoms with van der Waals surface area (Å²) >= 11 is 24.4. The van der Waals surface area contributed by atoms with Gasteiger partial charge in [0.2, 0.25) is 0 Å². The van der Waals surface area contributed by atoms with Gasteiger partial charge in [-0.1, -0.05) is 46.4 Å². The average Bonchev–Trinajstić information content (AvgIpc) is 2.83. The Hall–Kier alpha value is -2.70. The highest BCUT2D eigenvalue weighted by molar-refractivity contribution is 7.79. The van der Waals surface area contributed by atoms with Crippen molar-refractivity contribution in [3.05, 3.63) is 97.4 Å². The smallest absolute Gasteiger partial charge is 0.278 e. The molecule has 1 amide bonds. The topological polar surface area (TPSA) is 140 Å². The summed E-state index contributed by atoms with van der Waals surface area (Å²) in [7, 11) is -4.67. The minimum atomic E-state index is -4.67. The fraction of sp³-hybridized carbons (Fsp3) is 0.0870. The van der Waals surface area contributed by atoms with Gasteiger partial charge in [0.05, 0.1) is 17.1 Å². The highest BCUT2D eigenvalue weighted by atomic mass is 35.5. The maximum absolute atomic E-state index is 12.4. The molecule has 37 heavy (non-hydrogen) atoms. The van der Waals surface area contributed by atoms with Crippen LogP contribution in [0.15, 0.2) is 70.9 Å². The van der Waals surface area contributed by atoms with E-state index in [2.05, 4.69) is 21.1 Å². The van der Waals surface area contributed by atoms with Crippen LogP contribution in [0.4, 0.5) is 5.69 Å². The molecule has 0 heterocycles. The quantitative estimate of drug-likeness (QED) is 0.141. The number of nitrogens with zero attached hydrogens (tertiary/aromatic N) is 2. The molecule has 0 unspecified atom stereocenters. The lowest BCUT2D eigenvalue weighted by Gasteiger charge is -2.07. The number of amides is 1. The van der Waals surface area contributed by atoms with Gasteiger partial charge < -0.3 is 0 Å². The summed E-state index contributed by atoms with van der Waals surface area (Å²) in [5, 5.41) is 10.6. The van der Waals surface area contributed by atoms with E-state index in [4.69, 9.17) is 63.9 Å². The molecule has 14 heteroatoms. The molecule has 4 N–H and O–H groups in total. The van der Waals surface area contributed by atoms with E-state index in [1.807, 2.05) is 6.92 Å². The normalized spacial score (nSPS) is 11.9. The molecule has 0 spiro atoms. The van der Waals surface area contributed by atoms with E-state index in [-0.39, 0.29) is 5.91 Å². The van der Waals surface area contributed by atoms with Crippen molar-refractivity contribution in [1.82, 2.24) is 5.43 Å². The van der Waals surface area contributed by atoms with Crippen LogP contribution in [0.25, 0.3) is 0 Å². The van der Waals surface area contributed by atoms with Crippen LogP contribution in [0.3, 0.4) is 0 Å². The highest BCUT2D eigenvalue weighted by Crippen LogP contribution is 2.22. The summed E-state index contributed by atoms with van der Waals surface area (Å²) in [5.74, 6) is -0.362. The van der Waals surface area contributed by atoms with Gasteiger partial charge >= 0.3 is 10.4 Å². The Morgan fingerprint density at radius 2 is 1.19 bits per heavy atom. The number of hydrazone groups is 2. The van der Waals surface area contributed by atoms with Crippen molar-refractivity contribution in [2.24, 2.45) is 10.2 Å². The van der Waals surface area contributed by atoms with Gasteiger partial charge in [0.15, 0.2) is 0 Å². The second-order valence-corrected chi connectivity index (χ2v) is 9.80. The zero-order valence-electron chi connectivity index (χ0n) is 19.2. The molecule has 0 saturated heterocycles. The Labute approximate surface area is 233 Å². The lowest BCUT2D eigenvalue weighted by Crippen LogP contribution is -2.19. The second-order valence-electron chi connectivity index (χ2n) is 7.22. The predicted molar refractivity (Wildman–Crippen MR) is 149 cm³/mol. The third-order valence-corrected chi connectivity index (χ3v) is 5.59. The molecule has 3 aromatic carbocycles. The number of benzene rings is 3. The van der Waals surface area contributed by atoms with E-state index in [1.54, 1.807) is 67.6 Å². The average molecular weight is 606 g/mol. The van der Waals surface area contributed by atoms with Crippen molar-refractivity contribution < 1.29 is 22.3 Å². The van der Waals surface area contributed by atoms with E-state index in [9.17, 15) is 4.79 Å². The van der Waals surface area contributed by atoms with Crippen LogP contribution in [0.2, 0.25) is 20.1 Å². The van der Waals surface area contributed by atoms with Gasteiger partial charge in [-0.25, -0.2) is 5.43 Å². The standard InChI is InChI=1S/C23H18Cl4N4O.H2O4S/c1-13(19-11-16(24)5-9-21(19)26)28-30-18-7-3-15(4-8-18)23(32)31-29-14(2)20-12-17(25)6-10-22(20)27;1-5(2,3)4/h3-12,30H,1-2H3,(H,31,32);(H2,1,2,3,4)/b28-13+,29-14+;. The number of halogens is 4. The lowest BCUT2D eigenvalue weighted by molar-refractivity contribution is 0.0955. The fourth-order valence-corrected chi connectivity index (χ4v) is 3.57. The van der Waals surface area contributed by atoms with Gasteiger partial charge in [-0.3, -0.25) is 19.3 Å². The van der Waals surface area contributed by atoms with Crippen LogP contribution < -0.4 is 10.9 Å². The molecule has 0 fully saturated rings. The predicted octanol–water partition coefficient (Wildman–Crippen LogP) is 6.64. The first kappa shape index (κ1) is 30.5. The molecular formula is C23H20Cl4N4O5S. The van der Waals surface area contributed by atoms with Gasteiger partial charge in [0, 0.05) is 36.8 Å². The SMILES string of the molecule is C/C(=N\NC(=O)c1ccc(N/N=C(\C)c2cc(Cl)ccc2Cl)cc1)c1cc(Cl)ccc1Cl.O=S(=O)(O)O. The Bertz CT molecular complexity index is 1440. The molecule has 0 saturated carbocycles. The number of hydrogen-bond donors (Lipinski definition) is 4. The molecule has 0 aliphatic carbocycles. The van der Waals surface area contributed by atoms with E-state index in [0.717, 1.165) is 5.56 Å². The van der Waals surface area contributed by atoms with Crippen LogP contribution >= 0.6 is 46.4 Å². The van der Waals surface area contributed by atoms with Gasteiger partial charge in [0.25, 0.3) is 5.91 Å². The van der Waals surface area contributed by atoms with Crippen molar-refractivity contribution in [3.8, 4) is 0 Å². The van der Waals surface area contributed by atoms with Crippen molar-refractivity contribution in [2.75, 3.05) is 5.43 Å². The minimum absolute atomic E-state index is 0.362. The maximum Gasteiger partial charge on any atom is 0.394 e. The lowest BCUT2D eigenvalue weighted by atomic mass is 10.1. The van der Waals surface area contributed by atoms with Gasteiger partial charge in [0.1, 0.15) is 0 Å². The first-order valence-electron chi connectivity index (χ1n) is 10.1. The monoisotopic (exact) mass is 604 g/mol. The van der Waals surface area contributed by atoms with Crippen LogP contribution in [0, 0.1) is 0 Å². The zero-order valence-corrected chi connectivity index (χ0v) is 23.0. The molecule has 0 bridgehead atoms. The molecule has 0 atom stereocenters. The Kier molecular flexibility index (Phi) is 11.3. The van der Waals surface area contributed by atoms with E-state index >= 15 is 0 Å². The summed E-state index contributed by atoms with van der Waals surface area (Å²) < 4.78 is 31.6. The van der Waals surface area contributed by atoms with Crippen molar-refractivity contribution in [2.45, 2.75) is 13.8 Å². The molecule has 0 aliphatic heterocycles. The summed E-state index contributed by atoms with van der Waals surface area (Å²) in [6.07, 6.45) is 0. The number of carbonyl (C=O) groups is 1. The van der Waals surface area contributed by atoms with Crippen LogP contribution in [0.1, 0.15) is 35.3 Å². The first-order chi connectivity index (χ1) is 17.2. The van der Waals surface area contributed by atoms with Crippen molar-refractivity contribution in [3.63, 3.8) is 0 Å². The van der Waals surface area contributed by atoms with E-state index in [1.165, 1.54) is 0 Å². The fourth-order valence-electron chi connectivity index (χ4n) is 2.71. The van der Waals surface area contributed by atoms with Crippen molar-refractivity contribution in [1.29, 1.82) is 0 Å². The minimum Gasteiger partial charge on any atom is -0.278 e. The maximum atomic E-state index is 12.4. The zero-order chi connectivity index (χ0) is 27.8. The summed E-state index contributed by atoms with van der Waals surface area (Å²) in [4.78, 5) is 12.4. The van der Waals surface area contributed by atoms with E-state index in [0.29, 0.717) is 48.3 Å². The largest absolute Gasteiger partial charge is 0.394 e. The molecular weight excluding hydrogens is 586 g/mol. The summed E-state index contributed by atoms with van der Waals surface area (Å²) in [6, 6.07) is 17.0. The Morgan fingerprint density at radius 3 is 1.65 bits per heavy atom. The van der Waals surface area contributed by atoms with E-state index < -0.39 is 10.4 Å². The molecule has 9 nitrogen and oxygen atoms in total. The van der Waals surface area contributed by atoms with Gasteiger partial charge in [-0.05, 0) is 74.5 Å². The second kappa shape index (κ2) is 13.7. The third kappa shape index (κ3) is 10.7. The van der Waals surface area contributed by atoms with Gasteiger partial charge in [-0.15, -0.1) is 0 Å². The Balaban J connectivity index is 0.000000877. The van der Waals surface area contributed by atoms with Crippen LogP contribution in [0.5, 0.6) is 0 Å². The number of rotatable bonds is 6. The molecule has 0 aromatic heterocycles. The molecule has 3 aromatic rings. The third-order valence-electron chi connectivity index (χ3n) is 4.46.